The minimum atomic E-state index is 0.134. The lowest BCUT2D eigenvalue weighted by Gasteiger charge is -2.31. The molecule has 0 N–H and O–H groups in total. The highest BCUT2D eigenvalue weighted by molar-refractivity contribution is 5.79. The van der Waals surface area contributed by atoms with E-state index in [1.165, 1.54) is 5.56 Å². The van der Waals surface area contributed by atoms with Crippen molar-refractivity contribution < 1.29 is 14.1 Å². The van der Waals surface area contributed by atoms with Crippen LogP contribution in [0.2, 0.25) is 0 Å². The minimum absolute atomic E-state index is 0.134. The highest BCUT2D eigenvalue weighted by Gasteiger charge is 2.28. The lowest BCUT2D eigenvalue weighted by molar-refractivity contribution is -0.131. The third kappa shape index (κ3) is 4.00. The van der Waals surface area contributed by atoms with E-state index in [0.29, 0.717) is 31.3 Å². The van der Waals surface area contributed by atoms with Gasteiger partial charge in [0.15, 0.2) is 5.82 Å². The summed E-state index contributed by atoms with van der Waals surface area (Å²) in [5.41, 5.74) is 2.25. The molecule has 0 spiro atoms. The number of carbonyl (C=O) groups is 1. The summed E-state index contributed by atoms with van der Waals surface area (Å²) in [5.74, 6) is 1.45. The second-order valence-corrected chi connectivity index (χ2v) is 6.32. The molecule has 0 aliphatic carbocycles. The number of carbonyl (C=O) groups excluding carboxylic acids is 1. The van der Waals surface area contributed by atoms with Gasteiger partial charge in [0, 0.05) is 26.1 Å². The molecule has 0 radical (unpaired) electrons. The van der Waals surface area contributed by atoms with Crippen molar-refractivity contribution in [1.29, 1.82) is 0 Å². The van der Waals surface area contributed by atoms with Crippen molar-refractivity contribution in [2.24, 2.45) is 0 Å². The zero-order chi connectivity index (χ0) is 16.9. The lowest BCUT2D eigenvalue weighted by Crippen LogP contribution is -2.40. The fourth-order valence-electron chi connectivity index (χ4n) is 3.02. The summed E-state index contributed by atoms with van der Waals surface area (Å²) in [6.07, 6.45) is 2.37. The van der Waals surface area contributed by atoms with Gasteiger partial charge in [-0.25, -0.2) is 0 Å². The molecule has 6 heteroatoms. The van der Waals surface area contributed by atoms with E-state index < -0.39 is 0 Å². The molecule has 0 saturated carbocycles. The van der Waals surface area contributed by atoms with Crippen molar-refractivity contribution in [3.8, 4) is 0 Å². The van der Waals surface area contributed by atoms with Crippen molar-refractivity contribution in [1.82, 2.24) is 15.0 Å². The molecule has 1 aliphatic rings. The van der Waals surface area contributed by atoms with Gasteiger partial charge in [-0.3, -0.25) is 4.79 Å². The summed E-state index contributed by atoms with van der Waals surface area (Å²) in [4.78, 5) is 18.9. The summed E-state index contributed by atoms with van der Waals surface area (Å²) < 4.78 is 10.2. The Morgan fingerprint density at radius 3 is 2.92 bits per heavy atom. The summed E-state index contributed by atoms with van der Waals surface area (Å²) in [5, 5.41) is 4.04. The predicted octanol–water partition coefficient (Wildman–Crippen LogP) is 2.47. The number of aromatic nitrogens is 2. The van der Waals surface area contributed by atoms with Crippen LogP contribution >= 0.6 is 0 Å². The van der Waals surface area contributed by atoms with Crippen molar-refractivity contribution in [3.63, 3.8) is 0 Å². The number of methoxy groups -OCH3 is 1. The molecule has 24 heavy (non-hydrogen) atoms. The summed E-state index contributed by atoms with van der Waals surface area (Å²) in [6.45, 7) is 3.81. The number of hydrogen-bond donors (Lipinski definition) is 0. The van der Waals surface area contributed by atoms with Gasteiger partial charge >= 0.3 is 0 Å². The maximum absolute atomic E-state index is 12.6. The van der Waals surface area contributed by atoms with Crippen LogP contribution in [0.1, 0.15) is 41.6 Å². The molecule has 2 aromatic rings. The molecule has 0 bridgehead atoms. The molecule has 1 amide bonds. The van der Waals surface area contributed by atoms with E-state index in [2.05, 4.69) is 10.1 Å². The van der Waals surface area contributed by atoms with Gasteiger partial charge in [0.2, 0.25) is 5.91 Å². The Morgan fingerprint density at radius 2 is 2.17 bits per heavy atom. The van der Waals surface area contributed by atoms with Gasteiger partial charge in [-0.15, -0.1) is 0 Å². The number of aryl methyl sites for hydroxylation is 1. The van der Waals surface area contributed by atoms with E-state index >= 15 is 0 Å². The zero-order valence-electron chi connectivity index (χ0n) is 14.2. The number of likely N-dealkylation sites (tertiary alicyclic amines) is 1. The second-order valence-electron chi connectivity index (χ2n) is 6.32. The van der Waals surface area contributed by atoms with Crippen LogP contribution in [-0.4, -0.2) is 41.1 Å². The summed E-state index contributed by atoms with van der Waals surface area (Å²) in [7, 11) is 1.59. The topological polar surface area (TPSA) is 68.5 Å². The number of ether oxygens (including phenoxy) is 1. The van der Waals surface area contributed by atoms with E-state index in [9.17, 15) is 4.79 Å². The largest absolute Gasteiger partial charge is 0.375 e. The van der Waals surface area contributed by atoms with E-state index in [4.69, 9.17) is 9.26 Å². The van der Waals surface area contributed by atoms with Crippen molar-refractivity contribution in [3.05, 3.63) is 47.1 Å². The molecule has 1 fully saturated rings. The predicted molar refractivity (Wildman–Crippen MR) is 88.4 cm³/mol. The first-order chi connectivity index (χ1) is 11.7. The van der Waals surface area contributed by atoms with Gasteiger partial charge in [0.1, 0.15) is 6.61 Å². The molecule has 1 unspecified atom stereocenters. The Labute approximate surface area is 141 Å². The molecule has 3 rings (SSSR count). The summed E-state index contributed by atoms with van der Waals surface area (Å²) >= 11 is 0. The number of benzene rings is 1. The zero-order valence-corrected chi connectivity index (χ0v) is 14.2. The number of rotatable bonds is 5. The van der Waals surface area contributed by atoms with E-state index in [1.54, 1.807) is 7.11 Å². The van der Waals surface area contributed by atoms with E-state index in [0.717, 1.165) is 24.9 Å². The van der Waals surface area contributed by atoms with Gasteiger partial charge in [-0.05, 0) is 25.3 Å². The van der Waals surface area contributed by atoms with Gasteiger partial charge in [0.25, 0.3) is 5.89 Å². The molecule has 1 aromatic heterocycles. The number of nitrogens with zero attached hydrogens (tertiary/aromatic N) is 3. The molecule has 2 heterocycles. The van der Waals surface area contributed by atoms with Crippen molar-refractivity contribution in [2.45, 2.75) is 38.7 Å². The maximum atomic E-state index is 12.6. The Kier molecular flexibility index (Phi) is 5.25. The number of hydrogen-bond acceptors (Lipinski definition) is 5. The number of piperidine rings is 1. The molecule has 6 nitrogen and oxygen atoms in total. The molecular weight excluding hydrogens is 306 g/mol. The SMILES string of the molecule is COCc1nc(C2CCCN(C(=O)Cc3ccc(C)cc3)C2)no1. The van der Waals surface area contributed by atoms with Crippen LogP contribution in [0.15, 0.2) is 28.8 Å². The van der Waals surface area contributed by atoms with Gasteiger partial charge in [-0.2, -0.15) is 4.98 Å². The Bertz CT molecular complexity index is 681. The van der Waals surface area contributed by atoms with Crippen LogP contribution in [0.4, 0.5) is 0 Å². The number of amides is 1. The highest BCUT2D eigenvalue weighted by atomic mass is 16.5. The lowest BCUT2D eigenvalue weighted by atomic mass is 9.96. The van der Waals surface area contributed by atoms with Crippen molar-refractivity contribution >= 4 is 5.91 Å². The van der Waals surface area contributed by atoms with Gasteiger partial charge in [0.05, 0.1) is 6.42 Å². The van der Waals surface area contributed by atoms with Gasteiger partial charge in [-0.1, -0.05) is 35.0 Å². The minimum Gasteiger partial charge on any atom is -0.375 e. The van der Waals surface area contributed by atoms with Crippen LogP contribution in [0.25, 0.3) is 0 Å². The fraction of sp³-hybridized carbons (Fsp3) is 0.500. The second kappa shape index (κ2) is 7.57. The monoisotopic (exact) mass is 329 g/mol. The molecule has 128 valence electrons. The summed E-state index contributed by atoms with van der Waals surface area (Å²) in [6, 6.07) is 8.12. The van der Waals surface area contributed by atoms with E-state index in [1.807, 2.05) is 36.1 Å². The van der Waals surface area contributed by atoms with E-state index in [-0.39, 0.29) is 11.8 Å². The first-order valence-corrected chi connectivity index (χ1v) is 8.30. The van der Waals surface area contributed by atoms with Crippen molar-refractivity contribution in [2.75, 3.05) is 20.2 Å². The molecule has 1 aliphatic heterocycles. The standard InChI is InChI=1S/C18H23N3O3/c1-13-5-7-14(8-6-13)10-17(22)21-9-3-4-15(11-21)18-19-16(12-23-2)24-20-18/h5-8,15H,3-4,9-12H2,1-2H3. The normalized spacial score (nSPS) is 17.9. The van der Waals surface area contributed by atoms with Crippen LogP contribution in [-0.2, 0) is 22.6 Å². The quantitative estimate of drug-likeness (QED) is 0.843. The Morgan fingerprint density at radius 1 is 1.38 bits per heavy atom. The fourth-order valence-corrected chi connectivity index (χ4v) is 3.02. The highest BCUT2D eigenvalue weighted by Crippen LogP contribution is 2.25. The van der Waals surface area contributed by atoms with Gasteiger partial charge < -0.3 is 14.2 Å². The third-order valence-electron chi connectivity index (χ3n) is 4.37. The average Bonchev–Trinajstić information content (AvgIpc) is 3.06. The Balaban J connectivity index is 1.61. The van der Waals surface area contributed by atoms with Crippen LogP contribution < -0.4 is 0 Å². The van der Waals surface area contributed by atoms with Crippen LogP contribution in [0.5, 0.6) is 0 Å². The molecular formula is C18H23N3O3. The molecule has 1 atom stereocenters. The van der Waals surface area contributed by atoms with Crippen LogP contribution in [0.3, 0.4) is 0 Å². The Hall–Kier alpha value is -2.21. The molecule has 1 saturated heterocycles. The first kappa shape index (κ1) is 16.6. The molecule has 1 aromatic carbocycles. The third-order valence-corrected chi connectivity index (χ3v) is 4.37. The smallest absolute Gasteiger partial charge is 0.252 e. The maximum Gasteiger partial charge on any atom is 0.252 e. The average molecular weight is 329 g/mol. The van der Waals surface area contributed by atoms with Crippen LogP contribution in [0, 0.1) is 6.92 Å². The first-order valence-electron chi connectivity index (χ1n) is 8.30.